The number of nitrogens with two attached hydrogens (primary N) is 5. The Kier molecular flexibility index (Phi) is 17.2. The van der Waals surface area contributed by atoms with Gasteiger partial charge in [-0.1, -0.05) is 0 Å². The third-order valence-electron chi connectivity index (χ3n) is 4.92. The molecular weight excluding hydrogens is 508 g/mol. The molecule has 0 fully saturated rings. The predicted octanol–water partition coefficient (Wildman–Crippen LogP) is -4.29. The quantitative estimate of drug-likeness (QED) is 0.0416. The van der Waals surface area contributed by atoms with Crippen LogP contribution in [0.3, 0.4) is 0 Å². The number of nitrogens with one attached hydrogen (secondary N) is 3. The molecule has 0 radical (unpaired) electrons. The molecule has 0 aliphatic heterocycles. The number of nitrogens with zero attached hydrogens (tertiary/aromatic N) is 2. The van der Waals surface area contributed by atoms with Crippen LogP contribution in [0.15, 0.2) is 9.98 Å². The van der Waals surface area contributed by atoms with E-state index in [0.717, 1.165) is 0 Å². The van der Waals surface area contributed by atoms with Crippen molar-refractivity contribution >= 4 is 47.4 Å². The fourth-order valence-electron chi connectivity index (χ4n) is 2.94. The first-order valence-corrected chi connectivity index (χ1v) is 12.9. The van der Waals surface area contributed by atoms with Gasteiger partial charge < -0.3 is 54.8 Å². The first-order valence-electron chi connectivity index (χ1n) is 11.5. The van der Waals surface area contributed by atoms with Crippen LogP contribution < -0.4 is 44.6 Å². The summed E-state index contributed by atoms with van der Waals surface area (Å²) in [7, 11) is 0. The van der Waals surface area contributed by atoms with Gasteiger partial charge in [-0.2, -0.15) is 11.8 Å². The average molecular weight is 549 g/mol. The molecule has 4 atom stereocenters. The summed E-state index contributed by atoms with van der Waals surface area (Å²) in [5, 5.41) is 26.1. The van der Waals surface area contributed by atoms with E-state index >= 15 is 0 Å². The van der Waals surface area contributed by atoms with Crippen molar-refractivity contribution in [3.8, 4) is 0 Å². The Labute approximate surface area is 219 Å². The van der Waals surface area contributed by atoms with Gasteiger partial charge in [-0.15, -0.1) is 0 Å². The molecule has 4 unspecified atom stereocenters. The van der Waals surface area contributed by atoms with Gasteiger partial charge in [0.25, 0.3) is 0 Å². The summed E-state index contributed by atoms with van der Waals surface area (Å²) in [6, 6.07) is -4.67. The monoisotopic (exact) mass is 548 g/mol. The molecular formula is C20H40N10O6S. The zero-order valence-corrected chi connectivity index (χ0v) is 21.7. The lowest BCUT2D eigenvalue weighted by Crippen LogP contribution is -2.57. The summed E-state index contributed by atoms with van der Waals surface area (Å²) in [5.74, 6) is -3.18. The van der Waals surface area contributed by atoms with Crippen LogP contribution in [0, 0.1) is 0 Å². The van der Waals surface area contributed by atoms with Crippen molar-refractivity contribution in [3.05, 3.63) is 0 Å². The molecule has 16 nitrogen and oxygen atoms in total. The van der Waals surface area contributed by atoms with Crippen molar-refractivity contribution in [2.45, 2.75) is 56.3 Å². The van der Waals surface area contributed by atoms with E-state index in [4.69, 9.17) is 33.8 Å². The van der Waals surface area contributed by atoms with E-state index in [1.807, 2.05) is 6.26 Å². The molecule has 212 valence electrons. The third-order valence-corrected chi connectivity index (χ3v) is 5.56. The van der Waals surface area contributed by atoms with Crippen molar-refractivity contribution in [2.75, 3.05) is 31.7 Å². The van der Waals surface area contributed by atoms with Gasteiger partial charge in [0.2, 0.25) is 17.7 Å². The molecule has 0 saturated carbocycles. The van der Waals surface area contributed by atoms with E-state index in [9.17, 15) is 24.3 Å². The van der Waals surface area contributed by atoms with Crippen molar-refractivity contribution in [1.82, 2.24) is 16.0 Å². The molecule has 37 heavy (non-hydrogen) atoms. The van der Waals surface area contributed by atoms with Gasteiger partial charge in [0.05, 0.1) is 6.61 Å². The zero-order chi connectivity index (χ0) is 28.4. The van der Waals surface area contributed by atoms with Gasteiger partial charge in [0, 0.05) is 13.1 Å². The van der Waals surface area contributed by atoms with E-state index in [1.54, 1.807) is 0 Å². The number of carbonyl (C=O) groups excluding carboxylic acids is 3. The SMILES string of the molecule is CSCCC(NC(=O)C(CCCN=C(N)N)NC(=O)C(N)CO)C(=O)NC(CCCN=C(N)N)C(=O)O. The Balaban J connectivity index is 5.47. The topological polar surface area (TPSA) is 300 Å². The summed E-state index contributed by atoms with van der Waals surface area (Å²) >= 11 is 1.43. The molecule has 0 aliphatic carbocycles. The second-order valence-electron chi connectivity index (χ2n) is 7.99. The Morgan fingerprint density at radius 3 is 1.65 bits per heavy atom. The molecule has 0 saturated heterocycles. The second-order valence-corrected chi connectivity index (χ2v) is 8.98. The van der Waals surface area contributed by atoms with Crippen LogP contribution in [0.25, 0.3) is 0 Å². The minimum Gasteiger partial charge on any atom is -0.480 e. The molecule has 0 aromatic heterocycles. The van der Waals surface area contributed by atoms with Gasteiger partial charge in [0.1, 0.15) is 24.2 Å². The van der Waals surface area contributed by atoms with Gasteiger partial charge in [-0.25, -0.2) is 4.79 Å². The lowest BCUT2D eigenvalue weighted by atomic mass is 10.1. The summed E-state index contributed by atoms with van der Waals surface area (Å²) in [6.45, 7) is -0.261. The van der Waals surface area contributed by atoms with Crippen LogP contribution in [-0.2, 0) is 19.2 Å². The van der Waals surface area contributed by atoms with Crippen LogP contribution in [0.4, 0.5) is 0 Å². The third kappa shape index (κ3) is 15.4. The van der Waals surface area contributed by atoms with Crippen LogP contribution in [0.5, 0.6) is 0 Å². The largest absolute Gasteiger partial charge is 0.480 e. The minimum atomic E-state index is -1.25. The molecule has 0 aromatic rings. The van der Waals surface area contributed by atoms with E-state index in [0.29, 0.717) is 18.6 Å². The number of carbonyl (C=O) groups is 4. The lowest BCUT2D eigenvalue weighted by Gasteiger charge is -2.25. The van der Waals surface area contributed by atoms with E-state index in [-0.39, 0.29) is 44.3 Å². The molecule has 0 heterocycles. The highest BCUT2D eigenvalue weighted by Crippen LogP contribution is 2.07. The molecule has 0 rings (SSSR count). The van der Waals surface area contributed by atoms with E-state index in [2.05, 4.69) is 25.9 Å². The lowest BCUT2D eigenvalue weighted by molar-refractivity contribution is -0.142. The highest BCUT2D eigenvalue weighted by molar-refractivity contribution is 7.98. The van der Waals surface area contributed by atoms with Crippen molar-refractivity contribution in [2.24, 2.45) is 38.7 Å². The second kappa shape index (κ2) is 18.9. The normalized spacial score (nSPS) is 13.8. The maximum Gasteiger partial charge on any atom is 0.326 e. The Morgan fingerprint density at radius 1 is 0.784 bits per heavy atom. The number of aliphatic hydroxyl groups excluding tert-OH is 1. The van der Waals surface area contributed by atoms with Crippen LogP contribution in [0.1, 0.15) is 32.1 Å². The summed E-state index contributed by atoms with van der Waals surface area (Å²) in [4.78, 5) is 57.4. The number of aliphatic carboxylic acids is 1. The number of carboxylic acid groups (broad SMARTS) is 1. The standard InChI is InChI=1S/C20H40N10O6S/c1-37-9-6-13(17(34)30-14(18(35)36)5-3-8-27-20(24)25)29-16(33)12(4-2-7-26-19(22)23)28-15(32)11(21)10-31/h11-14,31H,2-10,21H2,1H3,(H,28,32)(H,29,33)(H,30,34)(H,35,36)(H4,22,23,26)(H4,24,25,27). The van der Waals surface area contributed by atoms with Crippen molar-refractivity contribution < 1.29 is 29.4 Å². The molecule has 15 N–H and O–H groups in total. The number of rotatable bonds is 19. The van der Waals surface area contributed by atoms with Crippen molar-refractivity contribution in [1.29, 1.82) is 0 Å². The zero-order valence-electron chi connectivity index (χ0n) is 20.9. The molecule has 0 aliphatic rings. The molecule has 0 spiro atoms. The number of aliphatic imine (C=N–C) groups is 2. The van der Waals surface area contributed by atoms with E-state index in [1.165, 1.54) is 11.8 Å². The fraction of sp³-hybridized carbons (Fsp3) is 0.700. The summed E-state index contributed by atoms with van der Waals surface area (Å²) in [5.41, 5.74) is 26.6. The highest BCUT2D eigenvalue weighted by atomic mass is 32.2. The van der Waals surface area contributed by atoms with Gasteiger partial charge >= 0.3 is 5.97 Å². The predicted molar refractivity (Wildman–Crippen MR) is 141 cm³/mol. The summed E-state index contributed by atoms with van der Waals surface area (Å²) in [6.07, 6.45) is 2.78. The first kappa shape index (κ1) is 33.7. The number of carboxylic acids is 1. The van der Waals surface area contributed by atoms with Crippen LogP contribution >= 0.6 is 11.8 Å². The van der Waals surface area contributed by atoms with E-state index < -0.39 is 54.5 Å². The number of aliphatic hydroxyl groups is 1. The van der Waals surface area contributed by atoms with Crippen molar-refractivity contribution in [3.63, 3.8) is 0 Å². The number of thioether (sulfide) groups is 1. The minimum absolute atomic E-state index is 0.0591. The Bertz CT molecular complexity index is 804. The van der Waals surface area contributed by atoms with Crippen LogP contribution in [0.2, 0.25) is 0 Å². The highest BCUT2D eigenvalue weighted by Gasteiger charge is 2.29. The Morgan fingerprint density at radius 2 is 1.22 bits per heavy atom. The Hall–Kier alpha value is -3.31. The van der Waals surface area contributed by atoms with Crippen LogP contribution in [-0.4, -0.2) is 102 Å². The number of hydrogen-bond acceptors (Lipinski definition) is 9. The average Bonchev–Trinajstić information content (AvgIpc) is 2.83. The fourth-order valence-corrected chi connectivity index (χ4v) is 3.42. The smallest absolute Gasteiger partial charge is 0.326 e. The number of guanidine groups is 2. The molecule has 17 heteroatoms. The summed E-state index contributed by atoms with van der Waals surface area (Å²) < 4.78 is 0. The molecule has 0 bridgehead atoms. The van der Waals surface area contributed by atoms with Gasteiger partial charge in [0.15, 0.2) is 11.9 Å². The number of amides is 3. The molecule has 0 aromatic carbocycles. The molecule has 3 amide bonds. The van der Waals surface area contributed by atoms with Gasteiger partial charge in [-0.3, -0.25) is 24.4 Å². The maximum absolute atomic E-state index is 13.0. The maximum atomic E-state index is 13.0. The van der Waals surface area contributed by atoms with Gasteiger partial charge in [-0.05, 0) is 44.1 Å². The first-order chi connectivity index (χ1) is 17.4. The number of hydrogen-bond donors (Lipinski definition) is 10.